The predicted octanol–water partition coefficient (Wildman–Crippen LogP) is 2.46. The van der Waals surface area contributed by atoms with Crippen LogP contribution in [0, 0.1) is 5.92 Å². The van der Waals surface area contributed by atoms with E-state index < -0.39 is 0 Å². The summed E-state index contributed by atoms with van der Waals surface area (Å²) >= 11 is 7.38. The van der Waals surface area contributed by atoms with E-state index in [0.29, 0.717) is 17.7 Å². The van der Waals surface area contributed by atoms with Gasteiger partial charge in [0.25, 0.3) is 0 Å². The van der Waals surface area contributed by atoms with Gasteiger partial charge >= 0.3 is 0 Å². The number of rotatable bonds is 3. The molecule has 5 heteroatoms. The first kappa shape index (κ1) is 11.3. The van der Waals surface area contributed by atoms with Gasteiger partial charge in [0.1, 0.15) is 10.0 Å². The summed E-state index contributed by atoms with van der Waals surface area (Å²) in [4.78, 5) is 0. The number of ether oxygens (including phenoxy) is 1. The lowest BCUT2D eigenvalue weighted by Crippen LogP contribution is -2.23. The Hall–Kier alpha value is -0.190. The van der Waals surface area contributed by atoms with Crippen LogP contribution >= 0.6 is 22.9 Å². The second kappa shape index (κ2) is 5.23. The van der Waals surface area contributed by atoms with Crippen molar-refractivity contribution in [2.75, 3.05) is 19.1 Å². The van der Waals surface area contributed by atoms with Gasteiger partial charge in [-0.15, -0.1) is 33.1 Å². The summed E-state index contributed by atoms with van der Waals surface area (Å²) in [6.07, 6.45) is 1.90. The first-order valence-electron chi connectivity index (χ1n) is 5.27. The zero-order chi connectivity index (χ0) is 10.7. The van der Waals surface area contributed by atoms with Crippen LogP contribution in [0.2, 0.25) is 0 Å². The maximum Gasteiger partial charge on any atom is 0.120 e. The number of aryl methyl sites for hydroxylation is 1. The van der Waals surface area contributed by atoms with E-state index in [9.17, 15) is 0 Å². The third kappa shape index (κ3) is 2.68. The van der Waals surface area contributed by atoms with Crippen molar-refractivity contribution in [3.63, 3.8) is 0 Å². The molecule has 2 atom stereocenters. The van der Waals surface area contributed by atoms with Crippen LogP contribution in [0.15, 0.2) is 0 Å². The average Bonchev–Trinajstić information content (AvgIpc) is 2.68. The fourth-order valence-corrected chi connectivity index (χ4v) is 3.25. The monoisotopic (exact) mass is 246 g/mol. The third-order valence-electron chi connectivity index (χ3n) is 2.75. The molecule has 1 saturated heterocycles. The van der Waals surface area contributed by atoms with Crippen LogP contribution in [0.3, 0.4) is 0 Å². The zero-order valence-corrected chi connectivity index (χ0v) is 10.4. The molecule has 2 unspecified atom stereocenters. The number of hydrogen-bond donors (Lipinski definition) is 0. The molecule has 1 aliphatic heterocycles. The summed E-state index contributed by atoms with van der Waals surface area (Å²) in [6.45, 7) is 3.90. The van der Waals surface area contributed by atoms with E-state index in [-0.39, 0.29) is 0 Å². The van der Waals surface area contributed by atoms with Gasteiger partial charge < -0.3 is 4.74 Å². The molecule has 1 aromatic rings. The van der Waals surface area contributed by atoms with Gasteiger partial charge in [0.05, 0.1) is 0 Å². The van der Waals surface area contributed by atoms with Gasteiger partial charge in [-0.3, -0.25) is 0 Å². The van der Waals surface area contributed by atoms with E-state index in [4.69, 9.17) is 16.3 Å². The SMILES string of the molecule is CC1COCCC1c1nnc(CCCl)s1. The summed E-state index contributed by atoms with van der Waals surface area (Å²) < 4.78 is 5.42. The van der Waals surface area contributed by atoms with E-state index in [1.165, 1.54) is 0 Å². The Kier molecular flexibility index (Phi) is 3.94. The fraction of sp³-hybridized carbons (Fsp3) is 0.800. The lowest BCUT2D eigenvalue weighted by atomic mass is 9.91. The molecule has 0 amide bonds. The summed E-state index contributed by atoms with van der Waals surface area (Å²) in [5.41, 5.74) is 0. The molecule has 0 N–H and O–H groups in total. The molecule has 2 heterocycles. The second-order valence-corrected chi connectivity index (χ2v) is 5.39. The highest BCUT2D eigenvalue weighted by molar-refractivity contribution is 7.11. The molecule has 1 aliphatic rings. The first-order chi connectivity index (χ1) is 7.31. The molecule has 2 rings (SSSR count). The minimum absolute atomic E-state index is 0.528. The highest BCUT2D eigenvalue weighted by Crippen LogP contribution is 2.33. The number of nitrogens with zero attached hydrogens (tertiary/aromatic N) is 2. The van der Waals surface area contributed by atoms with E-state index in [1.54, 1.807) is 11.3 Å². The van der Waals surface area contributed by atoms with Gasteiger partial charge in [0.2, 0.25) is 0 Å². The zero-order valence-electron chi connectivity index (χ0n) is 8.78. The fourth-order valence-electron chi connectivity index (χ4n) is 1.85. The molecule has 0 aromatic carbocycles. The lowest BCUT2D eigenvalue weighted by molar-refractivity contribution is 0.0471. The predicted molar refractivity (Wildman–Crippen MR) is 61.7 cm³/mol. The van der Waals surface area contributed by atoms with E-state index >= 15 is 0 Å². The van der Waals surface area contributed by atoms with Crippen LogP contribution in [0.25, 0.3) is 0 Å². The van der Waals surface area contributed by atoms with Crippen LogP contribution in [0.4, 0.5) is 0 Å². The minimum Gasteiger partial charge on any atom is -0.381 e. The number of halogens is 1. The van der Waals surface area contributed by atoms with Crippen molar-refractivity contribution < 1.29 is 4.74 Å². The standard InChI is InChI=1S/C10H15ClN2OS/c1-7-6-14-5-3-8(7)10-13-12-9(15-10)2-4-11/h7-8H,2-6H2,1H3. The Morgan fingerprint density at radius 2 is 2.40 bits per heavy atom. The molecular formula is C10H15ClN2OS. The van der Waals surface area contributed by atoms with Crippen LogP contribution in [-0.4, -0.2) is 29.3 Å². The number of aromatic nitrogens is 2. The molecule has 0 bridgehead atoms. The van der Waals surface area contributed by atoms with Crippen LogP contribution in [-0.2, 0) is 11.2 Å². The van der Waals surface area contributed by atoms with Crippen molar-refractivity contribution >= 4 is 22.9 Å². The van der Waals surface area contributed by atoms with Crippen LogP contribution in [0.1, 0.15) is 29.3 Å². The van der Waals surface area contributed by atoms with Gasteiger partial charge in [-0.05, 0) is 12.3 Å². The highest BCUT2D eigenvalue weighted by atomic mass is 35.5. The van der Waals surface area contributed by atoms with Crippen LogP contribution < -0.4 is 0 Å². The van der Waals surface area contributed by atoms with Gasteiger partial charge in [-0.25, -0.2) is 0 Å². The van der Waals surface area contributed by atoms with E-state index in [2.05, 4.69) is 17.1 Å². The molecule has 0 saturated carbocycles. The van der Waals surface area contributed by atoms with E-state index in [0.717, 1.165) is 36.1 Å². The highest BCUT2D eigenvalue weighted by Gasteiger charge is 2.26. The Balaban J connectivity index is 2.06. The van der Waals surface area contributed by atoms with Crippen molar-refractivity contribution in [2.24, 2.45) is 5.92 Å². The Bertz CT molecular complexity index is 318. The average molecular weight is 247 g/mol. The third-order valence-corrected chi connectivity index (χ3v) is 4.05. The largest absolute Gasteiger partial charge is 0.381 e. The molecule has 0 spiro atoms. The second-order valence-electron chi connectivity index (χ2n) is 3.92. The normalized spacial score (nSPS) is 26.8. The van der Waals surface area contributed by atoms with E-state index in [1.807, 2.05) is 0 Å². The minimum atomic E-state index is 0.528. The molecule has 84 valence electrons. The summed E-state index contributed by atoms with van der Waals surface area (Å²) in [6, 6.07) is 0. The molecule has 1 fully saturated rings. The molecule has 0 radical (unpaired) electrons. The Morgan fingerprint density at radius 3 is 3.13 bits per heavy atom. The molecule has 1 aromatic heterocycles. The summed E-state index contributed by atoms with van der Waals surface area (Å²) in [7, 11) is 0. The summed E-state index contributed by atoms with van der Waals surface area (Å²) in [5.74, 6) is 1.70. The smallest absolute Gasteiger partial charge is 0.120 e. The Labute approximate surface area is 98.8 Å². The van der Waals surface area contributed by atoms with Gasteiger partial charge in [0.15, 0.2) is 0 Å². The summed E-state index contributed by atoms with van der Waals surface area (Å²) in [5, 5.41) is 10.6. The van der Waals surface area contributed by atoms with Gasteiger partial charge in [-0.1, -0.05) is 6.92 Å². The topological polar surface area (TPSA) is 35.0 Å². The van der Waals surface area contributed by atoms with Crippen molar-refractivity contribution in [3.8, 4) is 0 Å². The maximum absolute atomic E-state index is 5.68. The number of alkyl halides is 1. The quantitative estimate of drug-likeness (QED) is 0.769. The molecule has 0 aliphatic carbocycles. The number of hydrogen-bond acceptors (Lipinski definition) is 4. The maximum atomic E-state index is 5.68. The van der Waals surface area contributed by atoms with Crippen molar-refractivity contribution in [1.29, 1.82) is 0 Å². The molecule has 3 nitrogen and oxygen atoms in total. The van der Waals surface area contributed by atoms with Gasteiger partial charge in [0, 0.05) is 31.4 Å². The van der Waals surface area contributed by atoms with Crippen molar-refractivity contribution in [2.45, 2.75) is 25.7 Å². The molecular weight excluding hydrogens is 232 g/mol. The lowest BCUT2D eigenvalue weighted by Gasteiger charge is -2.26. The van der Waals surface area contributed by atoms with Crippen molar-refractivity contribution in [1.82, 2.24) is 10.2 Å². The molecule has 15 heavy (non-hydrogen) atoms. The Morgan fingerprint density at radius 1 is 1.53 bits per heavy atom. The van der Waals surface area contributed by atoms with Crippen molar-refractivity contribution in [3.05, 3.63) is 10.0 Å². The first-order valence-corrected chi connectivity index (χ1v) is 6.62. The van der Waals surface area contributed by atoms with Crippen LogP contribution in [0.5, 0.6) is 0 Å². The van der Waals surface area contributed by atoms with Gasteiger partial charge in [-0.2, -0.15) is 0 Å².